The lowest BCUT2D eigenvalue weighted by Crippen LogP contribution is -2.38. The highest BCUT2D eigenvalue weighted by atomic mass is 127. The molecule has 1 heterocycles. The van der Waals surface area contributed by atoms with Gasteiger partial charge in [0.15, 0.2) is 0 Å². The number of amides is 1. The first kappa shape index (κ1) is 16.2. The second-order valence-corrected chi connectivity index (χ2v) is 7.12. The van der Waals surface area contributed by atoms with Crippen molar-refractivity contribution in [2.45, 2.75) is 26.3 Å². The Labute approximate surface area is 143 Å². The minimum Gasteiger partial charge on any atom is -0.337 e. The van der Waals surface area contributed by atoms with E-state index in [0.717, 1.165) is 46.2 Å². The predicted molar refractivity (Wildman–Crippen MR) is 94.1 cm³/mol. The molecule has 0 saturated carbocycles. The third-order valence-corrected chi connectivity index (χ3v) is 5.37. The van der Waals surface area contributed by atoms with Crippen molar-refractivity contribution in [3.63, 3.8) is 0 Å². The number of likely N-dealkylation sites (N-methyl/N-ethyl adjacent to an activating group) is 1. The molecule has 0 aliphatic carbocycles. The predicted octanol–water partition coefficient (Wildman–Crippen LogP) is 3.61. The smallest absolute Gasteiger partial charge is 0.255 e. The van der Waals surface area contributed by atoms with Crippen LogP contribution in [0.1, 0.15) is 30.6 Å². The zero-order valence-corrected chi connectivity index (χ0v) is 15.6. The van der Waals surface area contributed by atoms with Gasteiger partial charge >= 0.3 is 0 Å². The minimum absolute atomic E-state index is 0.158. The highest BCUT2D eigenvalue weighted by Crippen LogP contribution is 2.23. The van der Waals surface area contributed by atoms with Crippen LogP contribution in [0.3, 0.4) is 0 Å². The van der Waals surface area contributed by atoms with Gasteiger partial charge < -0.3 is 4.90 Å². The van der Waals surface area contributed by atoms with Gasteiger partial charge in [0.05, 0.1) is 5.56 Å². The zero-order valence-electron chi connectivity index (χ0n) is 11.9. The lowest BCUT2D eigenvalue weighted by molar-refractivity contribution is 0.0777. The molecule has 1 aromatic rings. The van der Waals surface area contributed by atoms with Crippen LogP contribution in [0.15, 0.2) is 22.7 Å². The molecule has 0 spiro atoms. The molecule has 0 aromatic heterocycles. The number of nitrogens with zero attached hydrogens (tertiary/aromatic N) is 2. The monoisotopic (exact) mass is 450 g/mol. The van der Waals surface area contributed by atoms with E-state index in [1.54, 1.807) is 0 Å². The molecular formula is C15H20BrIN2O. The zero-order chi connectivity index (χ0) is 14.7. The van der Waals surface area contributed by atoms with Crippen LogP contribution < -0.4 is 0 Å². The van der Waals surface area contributed by atoms with Crippen LogP contribution in [-0.2, 0) is 0 Å². The third-order valence-electron chi connectivity index (χ3n) is 3.94. The van der Waals surface area contributed by atoms with Crippen molar-refractivity contribution in [2.75, 3.05) is 26.2 Å². The maximum Gasteiger partial charge on any atom is 0.255 e. The van der Waals surface area contributed by atoms with Crippen LogP contribution in [0, 0.1) is 3.57 Å². The summed E-state index contributed by atoms with van der Waals surface area (Å²) in [7, 11) is 0. The Morgan fingerprint density at radius 2 is 2.15 bits per heavy atom. The number of hydrogen-bond acceptors (Lipinski definition) is 2. The van der Waals surface area contributed by atoms with Gasteiger partial charge in [0.1, 0.15) is 0 Å². The van der Waals surface area contributed by atoms with Crippen molar-refractivity contribution in [1.29, 1.82) is 0 Å². The molecule has 110 valence electrons. The number of carbonyl (C=O) groups is 1. The standard InChI is InChI=1S/C15H20BrIN2O/c1-3-18(4-2)12-7-8-19(10-12)15(20)13-9-11(16)5-6-14(13)17/h5-6,9,12H,3-4,7-8,10H2,1-2H3. The number of benzene rings is 1. The largest absolute Gasteiger partial charge is 0.337 e. The summed E-state index contributed by atoms with van der Waals surface area (Å²) in [6.07, 6.45) is 1.08. The molecule has 1 aliphatic rings. The van der Waals surface area contributed by atoms with Crippen LogP contribution in [-0.4, -0.2) is 47.9 Å². The van der Waals surface area contributed by atoms with Crippen molar-refractivity contribution in [3.8, 4) is 0 Å². The normalized spacial score (nSPS) is 18.9. The molecule has 1 amide bonds. The van der Waals surface area contributed by atoms with Crippen LogP contribution >= 0.6 is 38.5 Å². The number of rotatable bonds is 4. The Balaban J connectivity index is 2.10. The van der Waals surface area contributed by atoms with Crippen molar-refractivity contribution >= 4 is 44.4 Å². The summed E-state index contributed by atoms with van der Waals surface area (Å²) < 4.78 is 1.97. The Morgan fingerprint density at radius 3 is 2.80 bits per heavy atom. The Hall–Kier alpha value is -0.140. The lowest BCUT2D eigenvalue weighted by Gasteiger charge is -2.26. The summed E-state index contributed by atoms with van der Waals surface area (Å²) in [4.78, 5) is 17.1. The van der Waals surface area contributed by atoms with E-state index >= 15 is 0 Å². The van der Waals surface area contributed by atoms with E-state index < -0.39 is 0 Å². The first-order valence-electron chi connectivity index (χ1n) is 7.05. The van der Waals surface area contributed by atoms with Gasteiger partial charge in [-0.25, -0.2) is 0 Å². The molecule has 0 radical (unpaired) electrons. The molecule has 20 heavy (non-hydrogen) atoms. The van der Waals surface area contributed by atoms with Crippen molar-refractivity contribution in [1.82, 2.24) is 9.80 Å². The molecule has 0 bridgehead atoms. The quantitative estimate of drug-likeness (QED) is 0.654. The molecule has 1 aromatic carbocycles. The summed E-state index contributed by atoms with van der Waals surface area (Å²) in [5.41, 5.74) is 0.806. The average molecular weight is 451 g/mol. The van der Waals surface area contributed by atoms with E-state index in [0.29, 0.717) is 6.04 Å². The number of hydrogen-bond donors (Lipinski definition) is 0. The summed E-state index contributed by atoms with van der Waals surface area (Å²) in [6, 6.07) is 6.39. The Bertz CT molecular complexity index is 491. The first-order chi connectivity index (χ1) is 9.56. The van der Waals surface area contributed by atoms with E-state index in [1.165, 1.54) is 0 Å². The summed E-state index contributed by atoms with van der Waals surface area (Å²) in [5, 5.41) is 0. The van der Waals surface area contributed by atoms with Gasteiger partial charge in [0.2, 0.25) is 0 Å². The van der Waals surface area contributed by atoms with Crippen LogP contribution in [0.25, 0.3) is 0 Å². The van der Waals surface area contributed by atoms with E-state index in [-0.39, 0.29) is 5.91 Å². The van der Waals surface area contributed by atoms with Crippen molar-refractivity contribution in [2.24, 2.45) is 0 Å². The van der Waals surface area contributed by atoms with Gasteiger partial charge in [-0.05, 0) is 60.3 Å². The van der Waals surface area contributed by atoms with Crippen molar-refractivity contribution < 1.29 is 4.79 Å². The summed E-state index contributed by atoms with van der Waals surface area (Å²) in [5.74, 6) is 0.158. The van der Waals surface area contributed by atoms with Crippen LogP contribution in [0.4, 0.5) is 0 Å². The third kappa shape index (κ3) is 3.54. The van der Waals surface area contributed by atoms with Gasteiger partial charge in [0.25, 0.3) is 5.91 Å². The SMILES string of the molecule is CCN(CC)C1CCN(C(=O)c2cc(Br)ccc2I)C1. The second kappa shape index (κ2) is 7.22. The number of carbonyl (C=O) groups excluding carboxylic acids is 1. The van der Waals surface area contributed by atoms with Crippen LogP contribution in [0.2, 0.25) is 0 Å². The molecule has 1 saturated heterocycles. The van der Waals surface area contributed by atoms with Gasteiger partial charge in [-0.15, -0.1) is 0 Å². The Morgan fingerprint density at radius 1 is 1.45 bits per heavy atom. The lowest BCUT2D eigenvalue weighted by atomic mass is 10.2. The molecule has 5 heteroatoms. The maximum atomic E-state index is 12.6. The molecule has 2 rings (SSSR count). The van der Waals surface area contributed by atoms with E-state index in [1.807, 2.05) is 23.1 Å². The topological polar surface area (TPSA) is 23.6 Å². The fourth-order valence-electron chi connectivity index (χ4n) is 2.80. The molecule has 1 aliphatic heterocycles. The number of likely N-dealkylation sites (tertiary alicyclic amines) is 1. The van der Waals surface area contributed by atoms with E-state index in [2.05, 4.69) is 57.3 Å². The second-order valence-electron chi connectivity index (χ2n) is 5.04. The van der Waals surface area contributed by atoms with Crippen LogP contribution in [0.5, 0.6) is 0 Å². The number of halogens is 2. The van der Waals surface area contributed by atoms with E-state index in [4.69, 9.17) is 0 Å². The van der Waals surface area contributed by atoms with Gasteiger partial charge in [0, 0.05) is 27.2 Å². The molecule has 1 fully saturated rings. The average Bonchev–Trinajstić information content (AvgIpc) is 2.92. The molecule has 1 unspecified atom stereocenters. The fraction of sp³-hybridized carbons (Fsp3) is 0.533. The summed E-state index contributed by atoms with van der Waals surface area (Å²) in [6.45, 7) is 8.19. The van der Waals surface area contributed by atoms with Crippen molar-refractivity contribution in [3.05, 3.63) is 31.8 Å². The first-order valence-corrected chi connectivity index (χ1v) is 8.92. The minimum atomic E-state index is 0.158. The molecule has 0 N–H and O–H groups in total. The fourth-order valence-corrected chi connectivity index (χ4v) is 3.72. The maximum absolute atomic E-state index is 12.6. The Kier molecular flexibility index (Phi) is 5.86. The molecule has 3 nitrogen and oxygen atoms in total. The highest BCUT2D eigenvalue weighted by Gasteiger charge is 2.30. The molecular weight excluding hydrogens is 431 g/mol. The highest BCUT2D eigenvalue weighted by molar-refractivity contribution is 14.1. The summed E-state index contributed by atoms with van der Waals surface area (Å²) >= 11 is 5.68. The molecule has 1 atom stereocenters. The van der Waals surface area contributed by atoms with Gasteiger partial charge in [-0.1, -0.05) is 29.8 Å². The van der Waals surface area contributed by atoms with Gasteiger partial charge in [-0.3, -0.25) is 9.69 Å². The van der Waals surface area contributed by atoms with Gasteiger partial charge in [-0.2, -0.15) is 0 Å². The van der Waals surface area contributed by atoms with E-state index in [9.17, 15) is 4.79 Å².